The van der Waals surface area contributed by atoms with Crippen molar-refractivity contribution < 1.29 is 14.7 Å². The first-order chi connectivity index (χ1) is 11.0. The van der Waals surface area contributed by atoms with Crippen LogP contribution >= 0.6 is 0 Å². The van der Waals surface area contributed by atoms with Gasteiger partial charge >= 0.3 is 11.7 Å². The number of aromatic nitrogens is 3. The lowest BCUT2D eigenvalue weighted by atomic mass is 10.1. The first-order valence-electron chi connectivity index (χ1n) is 7.59. The van der Waals surface area contributed by atoms with Crippen LogP contribution in [0.2, 0.25) is 0 Å². The summed E-state index contributed by atoms with van der Waals surface area (Å²) in [6.45, 7) is 2.06. The van der Waals surface area contributed by atoms with Crippen LogP contribution in [0.3, 0.4) is 0 Å². The largest absolute Gasteiger partial charge is 0.480 e. The van der Waals surface area contributed by atoms with Crippen LogP contribution in [0.25, 0.3) is 5.65 Å². The number of carbonyl (C=O) groups is 2. The first kappa shape index (κ1) is 16.7. The van der Waals surface area contributed by atoms with Crippen LogP contribution in [0, 0.1) is 0 Å². The zero-order chi connectivity index (χ0) is 16.8. The molecule has 23 heavy (non-hydrogen) atoms. The number of nitrogens with zero attached hydrogens (tertiary/aromatic N) is 3. The average molecular weight is 320 g/mol. The molecule has 0 aromatic carbocycles. The standard InChI is InChI=1S/C15H20N4O4/c1-2-3-6-11(14(21)22)16-13(20)8-10-19-15(23)18-9-5-4-7-12(18)17-19/h4-5,7,9,11H,2-3,6,8,10H2,1H3,(H,16,20)(H,21,22). The Hall–Kier alpha value is -2.64. The first-order valence-corrected chi connectivity index (χ1v) is 7.59. The number of aryl methyl sites for hydroxylation is 1. The molecule has 0 fully saturated rings. The highest BCUT2D eigenvalue weighted by Crippen LogP contribution is 2.02. The number of pyridine rings is 1. The Labute approximate surface area is 132 Å². The van der Waals surface area contributed by atoms with Gasteiger partial charge in [0.15, 0.2) is 5.65 Å². The molecule has 0 aliphatic heterocycles. The molecule has 0 spiro atoms. The Morgan fingerprint density at radius 3 is 2.83 bits per heavy atom. The van der Waals surface area contributed by atoms with Crippen molar-refractivity contribution in [1.29, 1.82) is 0 Å². The van der Waals surface area contributed by atoms with Crippen molar-refractivity contribution in [3.05, 3.63) is 34.9 Å². The van der Waals surface area contributed by atoms with Gasteiger partial charge in [0.1, 0.15) is 6.04 Å². The number of carbonyl (C=O) groups excluding carboxylic acids is 1. The predicted molar refractivity (Wildman–Crippen MR) is 83.2 cm³/mol. The Morgan fingerprint density at radius 2 is 2.17 bits per heavy atom. The van der Waals surface area contributed by atoms with E-state index in [4.69, 9.17) is 5.11 Å². The highest BCUT2D eigenvalue weighted by Gasteiger charge is 2.19. The summed E-state index contributed by atoms with van der Waals surface area (Å²) < 4.78 is 2.59. The predicted octanol–water partition coefficient (Wildman–Crippen LogP) is 0.646. The minimum Gasteiger partial charge on any atom is -0.480 e. The topological polar surface area (TPSA) is 106 Å². The summed E-state index contributed by atoms with van der Waals surface area (Å²) >= 11 is 0. The van der Waals surface area contributed by atoms with Crippen LogP contribution in [0.1, 0.15) is 32.6 Å². The molecule has 8 heteroatoms. The van der Waals surface area contributed by atoms with E-state index in [1.54, 1.807) is 24.4 Å². The molecular weight excluding hydrogens is 300 g/mol. The number of fused-ring (bicyclic) bond motifs is 1. The van der Waals surface area contributed by atoms with E-state index in [9.17, 15) is 14.4 Å². The summed E-state index contributed by atoms with van der Waals surface area (Å²) in [5.41, 5.74) is 0.179. The number of unbranched alkanes of at least 4 members (excludes halogenated alkanes) is 1. The Morgan fingerprint density at radius 1 is 1.39 bits per heavy atom. The summed E-state index contributed by atoms with van der Waals surface area (Å²) in [6, 6.07) is 4.30. The lowest BCUT2D eigenvalue weighted by Gasteiger charge is -2.13. The van der Waals surface area contributed by atoms with Crippen LogP contribution in [-0.4, -0.2) is 37.2 Å². The van der Waals surface area contributed by atoms with E-state index in [1.807, 2.05) is 6.92 Å². The molecule has 2 rings (SSSR count). The molecule has 0 saturated carbocycles. The smallest absolute Gasteiger partial charge is 0.350 e. The van der Waals surface area contributed by atoms with Gasteiger partial charge in [-0.05, 0) is 18.6 Å². The third-order valence-electron chi connectivity index (χ3n) is 3.52. The van der Waals surface area contributed by atoms with Gasteiger partial charge in [-0.1, -0.05) is 25.8 Å². The van der Waals surface area contributed by atoms with Crippen molar-refractivity contribution in [2.24, 2.45) is 0 Å². The van der Waals surface area contributed by atoms with E-state index in [2.05, 4.69) is 10.4 Å². The molecule has 1 amide bonds. The third kappa shape index (κ3) is 4.18. The molecule has 2 heterocycles. The second kappa shape index (κ2) is 7.57. The molecule has 2 N–H and O–H groups in total. The van der Waals surface area contributed by atoms with Gasteiger partial charge in [-0.15, -0.1) is 5.10 Å². The normalized spacial score (nSPS) is 12.2. The van der Waals surface area contributed by atoms with Crippen LogP contribution in [-0.2, 0) is 16.1 Å². The van der Waals surface area contributed by atoms with Crippen molar-refractivity contribution in [3.63, 3.8) is 0 Å². The number of hydrogen-bond acceptors (Lipinski definition) is 4. The van der Waals surface area contributed by atoms with Crippen molar-refractivity contribution in [2.45, 2.75) is 45.2 Å². The molecule has 0 saturated heterocycles. The van der Waals surface area contributed by atoms with Crippen molar-refractivity contribution in [3.8, 4) is 0 Å². The molecule has 1 unspecified atom stereocenters. The van der Waals surface area contributed by atoms with Crippen LogP contribution < -0.4 is 11.0 Å². The Bertz CT molecular complexity index is 749. The number of rotatable bonds is 8. The Kier molecular flexibility index (Phi) is 5.51. The molecule has 124 valence electrons. The highest BCUT2D eigenvalue weighted by atomic mass is 16.4. The van der Waals surface area contributed by atoms with Crippen molar-refractivity contribution in [1.82, 2.24) is 19.5 Å². The maximum Gasteiger partial charge on any atom is 0.350 e. The summed E-state index contributed by atoms with van der Waals surface area (Å²) in [5, 5.41) is 15.7. The van der Waals surface area contributed by atoms with E-state index in [-0.39, 0.29) is 18.7 Å². The van der Waals surface area contributed by atoms with Gasteiger partial charge in [-0.3, -0.25) is 9.20 Å². The average Bonchev–Trinajstić information content (AvgIpc) is 2.86. The fourth-order valence-electron chi connectivity index (χ4n) is 2.25. The maximum atomic E-state index is 12.1. The van der Waals surface area contributed by atoms with Crippen molar-refractivity contribution in [2.75, 3.05) is 0 Å². The minimum atomic E-state index is -1.04. The van der Waals surface area contributed by atoms with Gasteiger partial charge in [0.25, 0.3) is 0 Å². The monoisotopic (exact) mass is 320 g/mol. The number of amides is 1. The molecule has 1 atom stereocenters. The molecule has 0 radical (unpaired) electrons. The number of carboxylic acids is 1. The second-order valence-corrected chi connectivity index (χ2v) is 5.29. The second-order valence-electron chi connectivity index (χ2n) is 5.29. The molecule has 2 aromatic heterocycles. The van der Waals surface area contributed by atoms with Gasteiger partial charge in [-0.2, -0.15) is 0 Å². The summed E-state index contributed by atoms with van der Waals surface area (Å²) in [6.07, 6.45) is 3.58. The zero-order valence-corrected chi connectivity index (χ0v) is 12.9. The van der Waals surface area contributed by atoms with Crippen LogP contribution in [0.15, 0.2) is 29.2 Å². The zero-order valence-electron chi connectivity index (χ0n) is 12.9. The van der Waals surface area contributed by atoms with E-state index in [1.165, 1.54) is 9.08 Å². The van der Waals surface area contributed by atoms with E-state index in [0.717, 1.165) is 12.8 Å². The molecule has 2 aromatic rings. The van der Waals surface area contributed by atoms with Crippen LogP contribution in [0.4, 0.5) is 0 Å². The fourth-order valence-corrected chi connectivity index (χ4v) is 2.25. The SMILES string of the molecule is CCCCC(NC(=O)CCn1nc2ccccn2c1=O)C(=O)O. The minimum absolute atomic E-state index is 0.000304. The van der Waals surface area contributed by atoms with Crippen molar-refractivity contribution >= 4 is 17.5 Å². The Balaban J connectivity index is 1.96. The molecule has 8 nitrogen and oxygen atoms in total. The molecule has 0 aliphatic carbocycles. The highest BCUT2D eigenvalue weighted by molar-refractivity contribution is 5.83. The third-order valence-corrected chi connectivity index (χ3v) is 3.52. The van der Waals surface area contributed by atoms with Gasteiger partial charge in [0, 0.05) is 12.6 Å². The van der Waals surface area contributed by atoms with Gasteiger partial charge in [-0.25, -0.2) is 14.3 Å². The van der Waals surface area contributed by atoms with E-state index < -0.39 is 17.9 Å². The lowest BCUT2D eigenvalue weighted by molar-refractivity contribution is -0.142. The molecular formula is C15H20N4O4. The van der Waals surface area contributed by atoms with Gasteiger partial charge in [0.2, 0.25) is 5.91 Å². The number of nitrogens with one attached hydrogen (secondary N) is 1. The maximum absolute atomic E-state index is 12.1. The summed E-state index contributed by atoms with van der Waals surface area (Å²) in [4.78, 5) is 35.0. The van der Waals surface area contributed by atoms with Crippen LogP contribution in [0.5, 0.6) is 0 Å². The summed E-state index contributed by atoms with van der Waals surface area (Å²) in [7, 11) is 0. The molecule has 0 bridgehead atoms. The van der Waals surface area contributed by atoms with E-state index in [0.29, 0.717) is 12.1 Å². The van der Waals surface area contributed by atoms with Gasteiger partial charge in [0.05, 0.1) is 6.54 Å². The lowest BCUT2D eigenvalue weighted by Crippen LogP contribution is -2.41. The number of carboxylic acid groups (broad SMARTS) is 1. The van der Waals surface area contributed by atoms with Gasteiger partial charge < -0.3 is 10.4 Å². The van der Waals surface area contributed by atoms with E-state index >= 15 is 0 Å². The fraction of sp³-hybridized carbons (Fsp3) is 0.467. The molecule has 0 aliphatic rings. The summed E-state index contributed by atoms with van der Waals surface area (Å²) in [5.74, 6) is -1.45. The number of aliphatic carboxylic acids is 1. The number of hydrogen-bond donors (Lipinski definition) is 2. The quantitative estimate of drug-likeness (QED) is 0.743.